The molecule has 0 spiro atoms. The van der Waals surface area contributed by atoms with E-state index >= 15 is 0 Å². The van der Waals surface area contributed by atoms with Gasteiger partial charge in [0.05, 0.1) is 6.10 Å². The maximum absolute atomic E-state index is 9.96. The van der Waals surface area contributed by atoms with Gasteiger partial charge in [-0.05, 0) is 19.3 Å². The predicted octanol–water partition coefficient (Wildman–Crippen LogP) is 5.16. The van der Waals surface area contributed by atoms with Crippen LogP contribution in [0.15, 0.2) is 0 Å². The first-order valence-electron chi connectivity index (χ1n) is 8.12. The Labute approximate surface area is 118 Å². The van der Waals surface area contributed by atoms with Crippen molar-refractivity contribution in [2.45, 2.75) is 95.3 Å². The third-order valence-electron chi connectivity index (χ3n) is 3.97. The highest BCUT2D eigenvalue weighted by Crippen LogP contribution is 2.29. The zero-order valence-corrected chi connectivity index (χ0v) is 13.0. The number of thioether (sulfide) groups is 1. The summed E-state index contributed by atoms with van der Waals surface area (Å²) in [4.78, 5) is 0. The van der Waals surface area contributed by atoms with E-state index < -0.39 is 0 Å². The van der Waals surface area contributed by atoms with Crippen molar-refractivity contribution in [3.05, 3.63) is 0 Å². The summed E-state index contributed by atoms with van der Waals surface area (Å²) >= 11 is 2.03. The Kier molecular flexibility index (Phi) is 10.1. The number of hydrogen-bond acceptors (Lipinski definition) is 2. The van der Waals surface area contributed by atoms with Gasteiger partial charge in [0.2, 0.25) is 0 Å². The summed E-state index contributed by atoms with van der Waals surface area (Å²) in [6, 6.07) is 0. The third kappa shape index (κ3) is 8.42. The van der Waals surface area contributed by atoms with E-state index in [9.17, 15) is 5.11 Å². The van der Waals surface area contributed by atoms with Gasteiger partial charge in [0.1, 0.15) is 0 Å². The van der Waals surface area contributed by atoms with E-state index in [0.29, 0.717) is 0 Å². The van der Waals surface area contributed by atoms with Crippen LogP contribution in [0, 0.1) is 0 Å². The lowest BCUT2D eigenvalue weighted by Gasteiger charge is -2.22. The highest BCUT2D eigenvalue weighted by molar-refractivity contribution is 7.99. The first-order valence-corrected chi connectivity index (χ1v) is 9.17. The molecule has 0 aromatic carbocycles. The minimum atomic E-state index is -0.0527. The van der Waals surface area contributed by atoms with Crippen LogP contribution in [0.25, 0.3) is 0 Å². The van der Waals surface area contributed by atoms with Crippen LogP contribution in [0.5, 0.6) is 0 Å². The molecule has 18 heavy (non-hydrogen) atoms. The zero-order valence-electron chi connectivity index (χ0n) is 12.2. The van der Waals surface area contributed by atoms with E-state index in [4.69, 9.17) is 0 Å². The van der Waals surface area contributed by atoms with Gasteiger partial charge in [-0.15, -0.1) is 0 Å². The predicted molar refractivity (Wildman–Crippen MR) is 83.3 cm³/mol. The lowest BCUT2D eigenvalue weighted by Crippen LogP contribution is -2.15. The molecule has 1 aliphatic carbocycles. The van der Waals surface area contributed by atoms with E-state index in [1.54, 1.807) is 0 Å². The van der Waals surface area contributed by atoms with E-state index in [1.807, 2.05) is 11.8 Å². The highest BCUT2D eigenvalue weighted by atomic mass is 32.2. The van der Waals surface area contributed by atoms with Gasteiger partial charge in [-0.25, -0.2) is 0 Å². The summed E-state index contributed by atoms with van der Waals surface area (Å²) in [6.45, 7) is 2.26. The van der Waals surface area contributed by atoms with Gasteiger partial charge in [0.25, 0.3) is 0 Å². The summed E-state index contributed by atoms with van der Waals surface area (Å²) in [6.07, 6.45) is 15.9. The molecule has 1 rings (SSSR count). The maximum atomic E-state index is 9.96. The number of unbranched alkanes of at least 4 members (excludes halogenated alkanes) is 5. The average molecular weight is 272 g/mol. The number of aliphatic hydroxyl groups is 1. The monoisotopic (exact) mass is 272 g/mol. The molecule has 1 fully saturated rings. The Balaban J connectivity index is 1.88. The van der Waals surface area contributed by atoms with Crippen molar-refractivity contribution in [2.24, 2.45) is 0 Å². The molecule has 1 saturated carbocycles. The normalized spacial score (nSPS) is 19.0. The molecule has 1 aliphatic rings. The van der Waals surface area contributed by atoms with Crippen molar-refractivity contribution in [3.63, 3.8) is 0 Å². The Morgan fingerprint density at radius 2 is 1.67 bits per heavy atom. The highest BCUT2D eigenvalue weighted by Gasteiger charge is 2.15. The molecular weight excluding hydrogens is 240 g/mol. The minimum Gasteiger partial charge on any atom is -0.392 e. The lowest BCUT2D eigenvalue weighted by atomic mass is 10.0. The van der Waals surface area contributed by atoms with Crippen LogP contribution in [-0.4, -0.2) is 22.2 Å². The largest absolute Gasteiger partial charge is 0.392 e. The van der Waals surface area contributed by atoms with Crippen LogP contribution in [-0.2, 0) is 0 Å². The quantitative estimate of drug-likeness (QED) is 0.554. The molecule has 0 amide bonds. The van der Waals surface area contributed by atoms with Crippen molar-refractivity contribution in [1.82, 2.24) is 0 Å². The topological polar surface area (TPSA) is 20.2 Å². The molecule has 2 heteroatoms. The van der Waals surface area contributed by atoms with Gasteiger partial charge in [-0.2, -0.15) is 11.8 Å². The van der Waals surface area contributed by atoms with Crippen LogP contribution < -0.4 is 0 Å². The molecule has 0 aromatic rings. The molecule has 0 heterocycles. The first-order chi connectivity index (χ1) is 8.83. The van der Waals surface area contributed by atoms with Crippen LogP contribution in [0.1, 0.15) is 84.0 Å². The molecule has 108 valence electrons. The van der Waals surface area contributed by atoms with Crippen molar-refractivity contribution in [3.8, 4) is 0 Å². The molecule has 1 N–H and O–H groups in total. The van der Waals surface area contributed by atoms with Crippen LogP contribution in [0.2, 0.25) is 0 Å². The molecule has 0 aliphatic heterocycles. The number of hydrogen-bond donors (Lipinski definition) is 1. The fourth-order valence-corrected chi connectivity index (χ4v) is 4.05. The maximum Gasteiger partial charge on any atom is 0.0630 e. The van der Waals surface area contributed by atoms with E-state index in [1.165, 1.54) is 70.6 Å². The molecule has 0 aromatic heterocycles. The molecule has 0 bridgehead atoms. The van der Waals surface area contributed by atoms with Gasteiger partial charge < -0.3 is 5.11 Å². The summed E-state index contributed by atoms with van der Waals surface area (Å²) in [5, 5.41) is 10.8. The molecule has 1 atom stereocenters. The van der Waals surface area contributed by atoms with Crippen molar-refractivity contribution in [1.29, 1.82) is 0 Å². The van der Waals surface area contributed by atoms with Crippen molar-refractivity contribution in [2.75, 3.05) is 5.75 Å². The summed E-state index contributed by atoms with van der Waals surface area (Å²) in [5.74, 6) is 0.972. The summed E-state index contributed by atoms with van der Waals surface area (Å²) in [7, 11) is 0. The lowest BCUT2D eigenvalue weighted by molar-refractivity contribution is 0.184. The fraction of sp³-hybridized carbons (Fsp3) is 1.00. The van der Waals surface area contributed by atoms with E-state index in [-0.39, 0.29) is 6.10 Å². The Hall–Kier alpha value is 0.310. The zero-order chi connectivity index (χ0) is 13.1. The van der Waals surface area contributed by atoms with Crippen molar-refractivity contribution >= 4 is 11.8 Å². The molecule has 0 radical (unpaired) electrons. The van der Waals surface area contributed by atoms with Gasteiger partial charge in [0.15, 0.2) is 0 Å². The third-order valence-corrected chi connectivity index (χ3v) is 5.49. The van der Waals surface area contributed by atoms with Gasteiger partial charge in [-0.3, -0.25) is 0 Å². The molecular formula is C16H32OS. The van der Waals surface area contributed by atoms with Gasteiger partial charge in [0, 0.05) is 11.0 Å². The summed E-state index contributed by atoms with van der Waals surface area (Å²) < 4.78 is 0. The van der Waals surface area contributed by atoms with Gasteiger partial charge in [-0.1, -0.05) is 64.7 Å². The van der Waals surface area contributed by atoms with Crippen molar-refractivity contribution < 1.29 is 5.11 Å². The second kappa shape index (κ2) is 11.2. The number of aliphatic hydroxyl groups excluding tert-OH is 1. The van der Waals surface area contributed by atoms with E-state index in [0.717, 1.165) is 17.4 Å². The Bertz CT molecular complexity index is 178. The Morgan fingerprint density at radius 1 is 1.00 bits per heavy atom. The average Bonchev–Trinajstić information content (AvgIpc) is 2.41. The first kappa shape index (κ1) is 16.4. The smallest absolute Gasteiger partial charge is 0.0630 e. The summed E-state index contributed by atoms with van der Waals surface area (Å²) in [5.41, 5.74) is 0. The fourth-order valence-electron chi connectivity index (χ4n) is 2.72. The number of rotatable bonds is 10. The second-order valence-corrected chi connectivity index (χ2v) is 7.14. The minimum absolute atomic E-state index is 0.0527. The van der Waals surface area contributed by atoms with Crippen LogP contribution in [0.4, 0.5) is 0 Å². The van der Waals surface area contributed by atoms with Crippen LogP contribution in [0.3, 0.4) is 0 Å². The van der Waals surface area contributed by atoms with Crippen LogP contribution >= 0.6 is 11.8 Å². The second-order valence-electron chi connectivity index (χ2n) is 5.80. The molecule has 1 unspecified atom stereocenters. The molecule has 0 saturated heterocycles. The van der Waals surface area contributed by atoms with Gasteiger partial charge >= 0.3 is 0 Å². The SMILES string of the molecule is CCCCCCCCC(O)CSC1CCCCC1. The molecule has 1 nitrogen and oxygen atoms in total. The Morgan fingerprint density at radius 3 is 2.39 bits per heavy atom. The van der Waals surface area contributed by atoms with E-state index in [2.05, 4.69) is 6.92 Å². The standard InChI is InChI=1S/C16H32OS/c1-2-3-4-5-6-8-11-15(17)14-18-16-12-9-7-10-13-16/h15-17H,2-14H2,1H3.